The standard InChI is InChI=1S/C14H20N2OS/c1-10-4-6-12(7-5-10)8-9-13(17)16(3)11(2)14(15)18/h4-7,11H,8-9H2,1-3H3,(H2,15,18). The quantitative estimate of drug-likeness (QED) is 0.828. The molecule has 1 rings (SSSR count). The molecule has 0 saturated heterocycles. The van der Waals surface area contributed by atoms with Crippen LogP contribution in [0.25, 0.3) is 0 Å². The first-order chi connectivity index (χ1) is 8.41. The number of hydrogen-bond acceptors (Lipinski definition) is 2. The van der Waals surface area contributed by atoms with E-state index in [1.165, 1.54) is 11.1 Å². The molecule has 1 atom stereocenters. The highest BCUT2D eigenvalue weighted by Gasteiger charge is 2.17. The monoisotopic (exact) mass is 264 g/mol. The smallest absolute Gasteiger partial charge is 0.223 e. The van der Waals surface area contributed by atoms with Gasteiger partial charge in [0.2, 0.25) is 5.91 Å². The van der Waals surface area contributed by atoms with Gasteiger partial charge < -0.3 is 10.6 Å². The minimum absolute atomic E-state index is 0.0656. The Balaban J connectivity index is 2.50. The molecule has 0 spiro atoms. The molecule has 2 N–H and O–H groups in total. The van der Waals surface area contributed by atoms with E-state index in [0.29, 0.717) is 11.4 Å². The second-order valence-electron chi connectivity index (χ2n) is 4.57. The van der Waals surface area contributed by atoms with Crippen LogP contribution >= 0.6 is 12.2 Å². The van der Waals surface area contributed by atoms with Crippen molar-refractivity contribution in [2.75, 3.05) is 7.05 Å². The van der Waals surface area contributed by atoms with Crippen molar-refractivity contribution in [2.24, 2.45) is 5.73 Å². The molecule has 0 heterocycles. The van der Waals surface area contributed by atoms with Crippen molar-refractivity contribution in [1.29, 1.82) is 0 Å². The highest BCUT2D eigenvalue weighted by atomic mass is 32.1. The van der Waals surface area contributed by atoms with Crippen molar-refractivity contribution in [3.05, 3.63) is 35.4 Å². The number of carbonyl (C=O) groups excluding carboxylic acids is 1. The van der Waals surface area contributed by atoms with Gasteiger partial charge in [-0.25, -0.2) is 0 Å². The zero-order valence-corrected chi connectivity index (χ0v) is 12.0. The molecule has 0 fully saturated rings. The van der Waals surface area contributed by atoms with Crippen molar-refractivity contribution in [2.45, 2.75) is 32.7 Å². The predicted octanol–water partition coefficient (Wildman–Crippen LogP) is 2.06. The number of thiocarbonyl (C=S) groups is 1. The van der Waals surface area contributed by atoms with E-state index in [4.69, 9.17) is 18.0 Å². The molecule has 1 unspecified atom stereocenters. The average molecular weight is 264 g/mol. The number of benzene rings is 1. The maximum atomic E-state index is 11.9. The van der Waals surface area contributed by atoms with Gasteiger partial charge in [-0.05, 0) is 25.8 Å². The summed E-state index contributed by atoms with van der Waals surface area (Å²) in [6.07, 6.45) is 1.22. The highest BCUT2D eigenvalue weighted by Crippen LogP contribution is 2.08. The maximum Gasteiger partial charge on any atom is 0.223 e. The molecular weight excluding hydrogens is 244 g/mol. The molecule has 1 amide bonds. The molecule has 0 aliphatic rings. The SMILES string of the molecule is Cc1ccc(CCC(=O)N(C)C(C)C(N)=S)cc1. The van der Waals surface area contributed by atoms with Gasteiger partial charge in [-0.2, -0.15) is 0 Å². The van der Waals surface area contributed by atoms with Crippen LogP contribution in [0.1, 0.15) is 24.5 Å². The van der Waals surface area contributed by atoms with Gasteiger partial charge in [-0.15, -0.1) is 0 Å². The predicted molar refractivity (Wildman–Crippen MR) is 78.5 cm³/mol. The lowest BCUT2D eigenvalue weighted by molar-refractivity contribution is -0.130. The zero-order chi connectivity index (χ0) is 13.7. The van der Waals surface area contributed by atoms with E-state index in [1.54, 1.807) is 11.9 Å². The lowest BCUT2D eigenvalue weighted by Gasteiger charge is -2.23. The van der Waals surface area contributed by atoms with E-state index >= 15 is 0 Å². The number of aryl methyl sites for hydroxylation is 2. The minimum atomic E-state index is -0.189. The Morgan fingerprint density at radius 1 is 1.39 bits per heavy atom. The molecule has 0 aliphatic heterocycles. The second-order valence-corrected chi connectivity index (χ2v) is 5.04. The van der Waals surface area contributed by atoms with Crippen LogP contribution in [0.3, 0.4) is 0 Å². The Labute approximate surface area is 114 Å². The van der Waals surface area contributed by atoms with E-state index in [-0.39, 0.29) is 11.9 Å². The topological polar surface area (TPSA) is 46.3 Å². The van der Waals surface area contributed by atoms with Crippen LogP contribution in [-0.4, -0.2) is 28.9 Å². The lowest BCUT2D eigenvalue weighted by atomic mass is 10.1. The average Bonchev–Trinajstić information content (AvgIpc) is 2.35. The van der Waals surface area contributed by atoms with Gasteiger partial charge in [0, 0.05) is 13.5 Å². The fraction of sp³-hybridized carbons (Fsp3) is 0.429. The Morgan fingerprint density at radius 3 is 2.44 bits per heavy atom. The van der Waals surface area contributed by atoms with Crippen LogP contribution in [0.5, 0.6) is 0 Å². The Kier molecular flexibility index (Phi) is 5.28. The van der Waals surface area contributed by atoms with Crippen molar-refractivity contribution in [3.8, 4) is 0 Å². The van der Waals surface area contributed by atoms with Gasteiger partial charge in [-0.1, -0.05) is 42.0 Å². The van der Waals surface area contributed by atoms with Gasteiger partial charge >= 0.3 is 0 Å². The van der Waals surface area contributed by atoms with Gasteiger partial charge in [0.1, 0.15) is 0 Å². The molecule has 98 valence electrons. The van der Waals surface area contributed by atoms with Crippen molar-refractivity contribution in [1.82, 2.24) is 4.90 Å². The number of rotatable bonds is 5. The maximum absolute atomic E-state index is 11.9. The first kappa shape index (κ1) is 14.6. The Hall–Kier alpha value is -1.42. The number of likely N-dealkylation sites (N-methyl/N-ethyl adjacent to an activating group) is 1. The third-order valence-electron chi connectivity index (χ3n) is 3.13. The summed E-state index contributed by atoms with van der Waals surface area (Å²) in [5, 5.41) is 0. The molecule has 0 aliphatic carbocycles. The Morgan fingerprint density at radius 2 is 1.94 bits per heavy atom. The van der Waals surface area contributed by atoms with E-state index in [1.807, 2.05) is 13.8 Å². The van der Waals surface area contributed by atoms with Crippen LogP contribution in [0, 0.1) is 6.92 Å². The summed E-state index contributed by atoms with van der Waals surface area (Å²) < 4.78 is 0. The van der Waals surface area contributed by atoms with E-state index in [2.05, 4.69) is 24.3 Å². The number of nitrogens with two attached hydrogens (primary N) is 1. The third-order valence-corrected chi connectivity index (χ3v) is 3.48. The van der Waals surface area contributed by atoms with Crippen molar-refractivity contribution in [3.63, 3.8) is 0 Å². The second kappa shape index (κ2) is 6.50. The van der Waals surface area contributed by atoms with Crippen LogP contribution in [-0.2, 0) is 11.2 Å². The molecule has 3 nitrogen and oxygen atoms in total. The van der Waals surface area contributed by atoms with Crippen LogP contribution < -0.4 is 5.73 Å². The van der Waals surface area contributed by atoms with E-state index in [0.717, 1.165) is 6.42 Å². The van der Waals surface area contributed by atoms with E-state index in [9.17, 15) is 4.79 Å². The summed E-state index contributed by atoms with van der Waals surface area (Å²) in [4.78, 5) is 13.9. The fourth-order valence-electron chi connectivity index (χ4n) is 1.59. The molecule has 18 heavy (non-hydrogen) atoms. The molecule has 0 saturated carbocycles. The normalized spacial score (nSPS) is 11.9. The largest absolute Gasteiger partial charge is 0.392 e. The molecule has 0 radical (unpaired) electrons. The van der Waals surface area contributed by atoms with Gasteiger partial charge in [-0.3, -0.25) is 4.79 Å². The molecule has 4 heteroatoms. The first-order valence-corrected chi connectivity index (χ1v) is 6.43. The molecule has 0 bridgehead atoms. The minimum Gasteiger partial charge on any atom is -0.392 e. The summed E-state index contributed by atoms with van der Waals surface area (Å²) in [7, 11) is 1.74. The Bertz CT molecular complexity index is 428. The summed E-state index contributed by atoms with van der Waals surface area (Å²) >= 11 is 4.89. The van der Waals surface area contributed by atoms with Crippen molar-refractivity contribution < 1.29 is 4.79 Å². The lowest BCUT2D eigenvalue weighted by Crippen LogP contribution is -2.42. The number of nitrogens with zero attached hydrogens (tertiary/aromatic N) is 1. The van der Waals surface area contributed by atoms with Crippen LogP contribution in [0.2, 0.25) is 0 Å². The van der Waals surface area contributed by atoms with E-state index < -0.39 is 0 Å². The summed E-state index contributed by atoms with van der Waals surface area (Å²) in [5.74, 6) is 0.0656. The number of carbonyl (C=O) groups is 1. The van der Waals surface area contributed by atoms with Gasteiger partial charge in [0.25, 0.3) is 0 Å². The number of hydrogen-bond donors (Lipinski definition) is 1. The summed E-state index contributed by atoms with van der Waals surface area (Å²) in [5.41, 5.74) is 7.93. The highest BCUT2D eigenvalue weighted by molar-refractivity contribution is 7.80. The molecule has 0 aromatic heterocycles. The van der Waals surface area contributed by atoms with Gasteiger partial charge in [0.05, 0.1) is 11.0 Å². The molecule has 1 aromatic carbocycles. The van der Waals surface area contributed by atoms with Crippen LogP contribution in [0.15, 0.2) is 24.3 Å². The third kappa shape index (κ3) is 4.11. The molecular formula is C14H20N2OS. The molecule has 1 aromatic rings. The van der Waals surface area contributed by atoms with Crippen LogP contribution in [0.4, 0.5) is 0 Å². The van der Waals surface area contributed by atoms with Crippen molar-refractivity contribution >= 4 is 23.1 Å². The fourth-order valence-corrected chi connectivity index (χ4v) is 1.75. The number of amides is 1. The first-order valence-electron chi connectivity index (χ1n) is 6.02. The summed E-state index contributed by atoms with van der Waals surface area (Å²) in [6.45, 7) is 3.89. The van der Waals surface area contributed by atoms with Gasteiger partial charge in [0.15, 0.2) is 0 Å². The zero-order valence-electron chi connectivity index (χ0n) is 11.1. The summed E-state index contributed by atoms with van der Waals surface area (Å²) in [6, 6.07) is 8.03.